The van der Waals surface area contributed by atoms with E-state index >= 15 is 0 Å². The molecule has 1 aliphatic carbocycles. The lowest BCUT2D eigenvalue weighted by atomic mass is 9.62. The lowest BCUT2D eigenvalue weighted by Crippen LogP contribution is -2.75. The van der Waals surface area contributed by atoms with Crippen molar-refractivity contribution in [3.63, 3.8) is 0 Å². The Kier molecular flexibility index (Phi) is 3.28. The average molecular weight is 274 g/mol. The third-order valence-electron chi connectivity index (χ3n) is 5.02. The number of likely N-dealkylation sites (tertiary alicyclic amines) is 1. The molecule has 20 heavy (non-hydrogen) atoms. The normalized spacial score (nSPS) is 33.5. The molecule has 3 rings (SSSR count). The Hall–Kier alpha value is -1.42. The summed E-state index contributed by atoms with van der Waals surface area (Å²) >= 11 is 0. The van der Waals surface area contributed by atoms with E-state index in [4.69, 9.17) is 4.74 Å². The number of piperidine rings is 1. The number of carbonyl (C=O) groups excluding carboxylic acids is 1. The third-order valence-corrected chi connectivity index (χ3v) is 5.02. The molecular weight excluding hydrogens is 252 g/mol. The summed E-state index contributed by atoms with van der Waals surface area (Å²) in [6, 6.07) is 5.85. The number of hydrogen-bond acceptors (Lipinski definition) is 3. The molecule has 2 bridgehead atoms. The highest BCUT2D eigenvalue weighted by Gasteiger charge is 2.61. The number of amides is 1. The molecule has 1 aromatic heterocycles. The standard InChI is InChI=1S/C16H22N2O2/c1-11-8-13-10-16(9-11,12(2)20-3)18(13)15(19)14-6-4-5-7-17-14/h4-7,11-13H,8-10H2,1-3H3. The van der Waals surface area contributed by atoms with Gasteiger partial charge in [0.15, 0.2) is 0 Å². The first-order valence-corrected chi connectivity index (χ1v) is 7.36. The fraction of sp³-hybridized carbons (Fsp3) is 0.625. The van der Waals surface area contributed by atoms with Crippen LogP contribution in [0.25, 0.3) is 0 Å². The van der Waals surface area contributed by atoms with Gasteiger partial charge in [0.25, 0.3) is 5.91 Å². The SMILES string of the molecule is COC(C)C12CC(C)CC(C1)N2C(=O)c1ccccn1. The van der Waals surface area contributed by atoms with Crippen molar-refractivity contribution in [2.75, 3.05) is 7.11 Å². The Morgan fingerprint density at radius 1 is 1.50 bits per heavy atom. The van der Waals surface area contributed by atoms with Crippen LogP contribution in [0.5, 0.6) is 0 Å². The molecule has 108 valence electrons. The van der Waals surface area contributed by atoms with Gasteiger partial charge in [-0.05, 0) is 44.2 Å². The first-order chi connectivity index (χ1) is 9.58. The lowest BCUT2D eigenvalue weighted by molar-refractivity contribution is -0.160. The molecule has 4 heteroatoms. The van der Waals surface area contributed by atoms with Gasteiger partial charge in [-0.25, -0.2) is 0 Å². The largest absolute Gasteiger partial charge is 0.379 e. The average Bonchev–Trinajstić information content (AvgIpc) is 2.46. The van der Waals surface area contributed by atoms with Crippen LogP contribution in [-0.2, 0) is 4.74 Å². The summed E-state index contributed by atoms with van der Waals surface area (Å²) in [6.45, 7) is 4.35. The van der Waals surface area contributed by atoms with Crippen LogP contribution in [0, 0.1) is 5.92 Å². The summed E-state index contributed by atoms with van der Waals surface area (Å²) in [5.74, 6) is 0.705. The Balaban J connectivity index is 1.91. The van der Waals surface area contributed by atoms with Crippen LogP contribution in [0.1, 0.15) is 43.6 Å². The number of carbonyl (C=O) groups is 1. The summed E-state index contributed by atoms with van der Waals surface area (Å²) in [5.41, 5.74) is 0.408. The summed E-state index contributed by atoms with van der Waals surface area (Å²) in [7, 11) is 1.73. The van der Waals surface area contributed by atoms with E-state index in [0.29, 0.717) is 17.7 Å². The summed E-state index contributed by atoms with van der Waals surface area (Å²) < 4.78 is 5.58. The molecule has 0 radical (unpaired) electrons. The van der Waals surface area contributed by atoms with Crippen molar-refractivity contribution in [2.45, 2.75) is 50.8 Å². The van der Waals surface area contributed by atoms with E-state index in [2.05, 4.69) is 18.8 Å². The highest BCUT2D eigenvalue weighted by atomic mass is 16.5. The first-order valence-electron chi connectivity index (χ1n) is 7.36. The molecule has 4 unspecified atom stereocenters. The zero-order valence-electron chi connectivity index (χ0n) is 12.4. The maximum Gasteiger partial charge on any atom is 0.273 e. The van der Waals surface area contributed by atoms with Crippen LogP contribution in [0.2, 0.25) is 0 Å². The second-order valence-electron chi connectivity index (χ2n) is 6.27. The van der Waals surface area contributed by atoms with Crippen molar-refractivity contribution in [3.05, 3.63) is 30.1 Å². The number of ether oxygens (including phenoxy) is 1. The van der Waals surface area contributed by atoms with Gasteiger partial charge in [-0.15, -0.1) is 0 Å². The highest BCUT2D eigenvalue weighted by molar-refractivity contribution is 5.94. The van der Waals surface area contributed by atoms with Crippen LogP contribution < -0.4 is 0 Å². The van der Waals surface area contributed by atoms with Crippen molar-refractivity contribution in [3.8, 4) is 0 Å². The molecule has 0 N–H and O–H groups in total. The fourth-order valence-corrected chi connectivity index (χ4v) is 4.10. The van der Waals surface area contributed by atoms with Gasteiger partial charge in [0.05, 0.1) is 11.6 Å². The van der Waals surface area contributed by atoms with Crippen LogP contribution in [0.15, 0.2) is 24.4 Å². The number of pyridine rings is 1. The lowest BCUT2D eigenvalue weighted by Gasteiger charge is -2.65. The highest BCUT2D eigenvalue weighted by Crippen LogP contribution is 2.52. The zero-order chi connectivity index (χ0) is 14.3. The summed E-state index contributed by atoms with van der Waals surface area (Å²) in [5, 5.41) is 0. The van der Waals surface area contributed by atoms with Gasteiger partial charge in [-0.2, -0.15) is 0 Å². The van der Waals surface area contributed by atoms with E-state index in [1.165, 1.54) is 0 Å². The molecule has 2 aliphatic rings. The van der Waals surface area contributed by atoms with Gasteiger partial charge >= 0.3 is 0 Å². The molecule has 1 saturated carbocycles. The Bertz CT molecular complexity index is 504. The van der Waals surface area contributed by atoms with Crippen molar-refractivity contribution in [2.24, 2.45) is 5.92 Å². The van der Waals surface area contributed by atoms with Gasteiger partial charge in [0.2, 0.25) is 0 Å². The number of aromatic nitrogens is 1. The van der Waals surface area contributed by atoms with Crippen molar-refractivity contribution in [1.29, 1.82) is 0 Å². The smallest absolute Gasteiger partial charge is 0.273 e. The maximum atomic E-state index is 12.8. The Morgan fingerprint density at radius 3 is 2.95 bits per heavy atom. The molecule has 0 aromatic carbocycles. The predicted molar refractivity (Wildman–Crippen MR) is 76.4 cm³/mol. The number of nitrogens with zero attached hydrogens (tertiary/aromatic N) is 2. The topological polar surface area (TPSA) is 42.4 Å². The molecular formula is C16H22N2O2. The van der Waals surface area contributed by atoms with E-state index in [-0.39, 0.29) is 17.6 Å². The van der Waals surface area contributed by atoms with Crippen LogP contribution >= 0.6 is 0 Å². The molecule has 4 atom stereocenters. The molecule has 1 aliphatic heterocycles. The van der Waals surface area contributed by atoms with Crippen molar-refractivity contribution in [1.82, 2.24) is 9.88 Å². The quantitative estimate of drug-likeness (QED) is 0.850. The second-order valence-corrected chi connectivity index (χ2v) is 6.27. The number of hydrogen-bond donors (Lipinski definition) is 0. The van der Waals surface area contributed by atoms with Crippen LogP contribution in [0.3, 0.4) is 0 Å². The van der Waals surface area contributed by atoms with Gasteiger partial charge < -0.3 is 9.64 Å². The molecule has 2 fully saturated rings. The van der Waals surface area contributed by atoms with Crippen LogP contribution in [-0.4, -0.2) is 40.6 Å². The van der Waals surface area contributed by atoms with E-state index in [0.717, 1.165) is 19.3 Å². The minimum atomic E-state index is -0.133. The Morgan fingerprint density at radius 2 is 2.30 bits per heavy atom. The van der Waals surface area contributed by atoms with Gasteiger partial charge in [0, 0.05) is 19.3 Å². The van der Waals surface area contributed by atoms with E-state index in [1.54, 1.807) is 19.4 Å². The predicted octanol–water partition coefficient (Wildman–Crippen LogP) is 2.50. The first kappa shape index (κ1) is 13.6. The molecule has 0 spiro atoms. The van der Waals surface area contributed by atoms with Gasteiger partial charge in [-0.3, -0.25) is 9.78 Å². The summed E-state index contributed by atoms with van der Waals surface area (Å²) in [6.07, 6.45) is 4.92. The monoisotopic (exact) mass is 274 g/mol. The molecule has 4 nitrogen and oxygen atoms in total. The Labute approximate surface area is 120 Å². The number of methoxy groups -OCH3 is 1. The minimum absolute atomic E-state index is 0.0534. The fourth-order valence-electron chi connectivity index (χ4n) is 4.10. The number of fused-ring (bicyclic) bond motifs is 2. The zero-order valence-corrected chi connectivity index (χ0v) is 12.4. The van der Waals surface area contributed by atoms with Gasteiger partial charge in [0.1, 0.15) is 5.69 Å². The van der Waals surface area contributed by atoms with Crippen molar-refractivity contribution < 1.29 is 9.53 Å². The van der Waals surface area contributed by atoms with E-state index in [9.17, 15) is 4.79 Å². The molecule has 2 heterocycles. The van der Waals surface area contributed by atoms with Gasteiger partial charge in [-0.1, -0.05) is 13.0 Å². The van der Waals surface area contributed by atoms with Crippen molar-refractivity contribution >= 4 is 5.91 Å². The summed E-state index contributed by atoms with van der Waals surface area (Å²) in [4.78, 5) is 19.0. The third kappa shape index (κ3) is 1.85. The van der Waals surface area contributed by atoms with E-state index in [1.807, 2.05) is 17.0 Å². The maximum absolute atomic E-state index is 12.8. The van der Waals surface area contributed by atoms with Crippen LogP contribution in [0.4, 0.5) is 0 Å². The number of rotatable bonds is 3. The molecule has 1 aromatic rings. The molecule has 1 amide bonds. The van der Waals surface area contributed by atoms with E-state index < -0.39 is 0 Å². The minimum Gasteiger partial charge on any atom is -0.379 e. The second kappa shape index (κ2) is 4.85. The molecule has 1 saturated heterocycles.